The molecule has 1 aliphatic rings. The van der Waals surface area contributed by atoms with Gasteiger partial charge in [0.15, 0.2) is 0 Å². The summed E-state index contributed by atoms with van der Waals surface area (Å²) in [4.78, 5) is 7.51. The normalized spacial score (nSPS) is 16.4. The molecule has 0 N–H and O–H groups in total. The van der Waals surface area contributed by atoms with Gasteiger partial charge in [-0.25, -0.2) is 13.4 Å². The van der Waals surface area contributed by atoms with Gasteiger partial charge < -0.3 is 9.64 Å². The van der Waals surface area contributed by atoms with E-state index >= 15 is 0 Å². The molecule has 1 aromatic heterocycles. The Labute approximate surface area is 210 Å². The second kappa shape index (κ2) is 10.0. The molecule has 7 heteroatoms. The van der Waals surface area contributed by atoms with Crippen LogP contribution in [0.4, 0.5) is 0 Å². The van der Waals surface area contributed by atoms with E-state index in [0.717, 1.165) is 46.7 Å². The Bertz CT molecular complexity index is 1410. The Morgan fingerprint density at radius 2 is 1.74 bits per heavy atom. The van der Waals surface area contributed by atoms with Crippen molar-refractivity contribution in [2.75, 3.05) is 20.1 Å². The SMILES string of the molecule is C=C(c1cccc(C(OC2CCN(C)CC2)c2nc3ccccc3s2)c1)S(=O)(=O)c1ccccc1. The summed E-state index contributed by atoms with van der Waals surface area (Å²) in [5.74, 6) is 0. The lowest BCUT2D eigenvalue weighted by atomic mass is 10.0. The largest absolute Gasteiger partial charge is 0.363 e. The van der Waals surface area contributed by atoms with E-state index in [1.165, 1.54) is 0 Å². The molecule has 0 radical (unpaired) electrons. The Morgan fingerprint density at radius 3 is 2.49 bits per heavy atom. The lowest BCUT2D eigenvalue weighted by Gasteiger charge is -2.31. The number of likely N-dealkylation sites (tertiary alicyclic amines) is 1. The predicted octanol–water partition coefficient (Wildman–Crippen LogP) is 5.94. The average molecular weight is 505 g/mol. The van der Waals surface area contributed by atoms with Gasteiger partial charge in [0.05, 0.1) is 26.1 Å². The summed E-state index contributed by atoms with van der Waals surface area (Å²) in [6.45, 7) is 5.94. The van der Waals surface area contributed by atoms with Gasteiger partial charge in [0.1, 0.15) is 11.1 Å². The summed E-state index contributed by atoms with van der Waals surface area (Å²) in [5, 5.41) is 0.874. The molecule has 4 aromatic rings. The Kier molecular flexibility index (Phi) is 6.84. The van der Waals surface area contributed by atoms with Crippen LogP contribution in [0.2, 0.25) is 0 Å². The van der Waals surface area contributed by atoms with E-state index in [9.17, 15) is 8.42 Å². The number of piperidine rings is 1. The molecule has 0 aliphatic carbocycles. The molecule has 0 spiro atoms. The number of ether oxygens (including phenoxy) is 1. The maximum absolute atomic E-state index is 13.2. The minimum Gasteiger partial charge on any atom is -0.363 e. The molecule has 1 unspecified atom stereocenters. The number of nitrogens with zero attached hydrogens (tertiary/aromatic N) is 2. The smallest absolute Gasteiger partial charge is 0.206 e. The van der Waals surface area contributed by atoms with E-state index in [4.69, 9.17) is 9.72 Å². The Morgan fingerprint density at radius 1 is 1.03 bits per heavy atom. The zero-order valence-electron chi connectivity index (χ0n) is 19.6. The lowest BCUT2D eigenvalue weighted by molar-refractivity contribution is -0.0234. The highest BCUT2D eigenvalue weighted by atomic mass is 32.2. The van der Waals surface area contributed by atoms with Crippen molar-refractivity contribution >= 4 is 36.3 Å². The molecule has 1 saturated heterocycles. The quantitative estimate of drug-likeness (QED) is 0.312. The first-order valence-corrected chi connectivity index (χ1v) is 14.0. The van der Waals surface area contributed by atoms with Crippen molar-refractivity contribution in [1.82, 2.24) is 9.88 Å². The van der Waals surface area contributed by atoms with Gasteiger partial charge in [-0.3, -0.25) is 0 Å². The topological polar surface area (TPSA) is 59.5 Å². The van der Waals surface area contributed by atoms with Crippen molar-refractivity contribution in [2.45, 2.75) is 29.9 Å². The van der Waals surface area contributed by atoms with Crippen molar-refractivity contribution < 1.29 is 13.2 Å². The van der Waals surface area contributed by atoms with Gasteiger partial charge in [-0.15, -0.1) is 11.3 Å². The molecule has 35 heavy (non-hydrogen) atoms. The van der Waals surface area contributed by atoms with Crippen molar-refractivity contribution in [1.29, 1.82) is 0 Å². The van der Waals surface area contributed by atoms with Crippen molar-refractivity contribution in [3.8, 4) is 0 Å². The van der Waals surface area contributed by atoms with E-state index in [1.807, 2.05) is 36.4 Å². The third-order valence-electron chi connectivity index (χ3n) is 6.42. The average Bonchev–Trinajstić information content (AvgIpc) is 3.32. The highest BCUT2D eigenvalue weighted by Gasteiger charge is 2.27. The van der Waals surface area contributed by atoms with Gasteiger partial charge in [0.25, 0.3) is 0 Å². The van der Waals surface area contributed by atoms with E-state index in [1.54, 1.807) is 47.7 Å². The highest BCUT2D eigenvalue weighted by molar-refractivity contribution is 8.00. The molecule has 0 saturated carbocycles. The first-order valence-electron chi connectivity index (χ1n) is 11.7. The van der Waals surface area contributed by atoms with E-state index in [2.05, 4.69) is 24.6 Å². The first kappa shape index (κ1) is 23.9. The molecule has 1 atom stereocenters. The van der Waals surface area contributed by atoms with Gasteiger partial charge in [-0.2, -0.15) is 0 Å². The summed E-state index contributed by atoms with van der Waals surface area (Å²) in [5.41, 5.74) is 2.38. The lowest BCUT2D eigenvalue weighted by Crippen LogP contribution is -2.35. The molecule has 5 rings (SSSR count). The summed E-state index contributed by atoms with van der Waals surface area (Å²) in [7, 11) is -1.58. The Hall–Kier alpha value is -2.84. The van der Waals surface area contributed by atoms with E-state index in [-0.39, 0.29) is 22.0 Å². The van der Waals surface area contributed by atoms with Gasteiger partial charge in [0, 0.05) is 13.1 Å². The zero-order valence-corrected chi connectivity index (χ0v) is 21.3. The van der Waals surface area contributed by atoms with Gasteiger partial charge in [-0.1, -0.05) is 55.1 Å². The number of aromatic nitrogens is 1. The number of para-hydroxylation sites is 1. The summed E-state index contributed by atoms with van der Waals surface area (Å²) in [6.07, 6.45) is 1.63. The molecule has 0 amide bonds. The van der Waals surface area contributed by atoms with Crippen LogP contribution in [0.3, 0.4) is 0 Å². The van der Waals surface area contributed by atoms with Crippen LogP contribution in [0.15, 0.2) is 90.3 Å². The van der Waals surface area contributed by atoms with Crippen LogP contribution >= 0.6 is 11.3 Å². The molecule has 5 nitrogen and oxygen atoms in total. The monoisotopic (exact) mass is 504 g/mol. The van der Waals surface area contributed by atoms with Crippen molar-refractivity contribution in [3.63, 3.8) is 0 Å². The van der Waals surface area contributed by atoms with Crippen LogP contribution in [-0.4, -0.2) is 44.5 Å². The fraction of sp³-hybridized carbons (Fsp3) is 0.250. The van der Waals surface area contributed by atoms with E-state index < -0.39 is 9.84 Å². The van der Waals surface area contributed by atoms with Crippen LogP contribution in [0.5, 0.6) is 0 Å². The molecule has 180 valence electrons. The molecule has 2 heterocycles. The third kappa shape index (κ3) is 5.09. The molecular weight excluding hydrogens is 476 g/mol. The number of rotatable bonds is 7. The number of thiazole rings is 1. The van der Waals surface area contributed by atoms with Crippen LogP contribution < -0.4 is 0 Å². The zero-order chi connectivity index (χ0) is 24.4. The minimum atomic E-state index is -3.71. The fourth-order valence-corrected chi connectivity index (χ4v) is 6.64. The standard InChI is InChI=1S/C28H28N2O3S2/c1-20(35(31,32)24-11-4-3-5-12-24)21-9-8-10-22(19-21)27(33-23-15-17-30(2)18-16-23)28-29-25-13-6-7-14-26(25)34-28/h3-14,19,23,27H,1,15-18H2,2H3. The first-order chi connectivity index (χ1) is 16.9. The van der Waals surface area contributed by atoms with Crippen molar-refractivity contribution in [2.24, 2.45) is 0 Å². The second-order valence-corrected chi connectivity index (χ2v) is 11.9. The number of fused-ring (bicyclic) bond motifs is 1. The van der Waals surface area contributed by atoms with Gasteiger partial charge >= 0.3 is 0 Å². The van der Waals surface area contributed by atoms with Crippen LogP contribution in [0.1, 0.15) is 35.1 Å². The summed E-state index contributed by atoms with van der Waals surface area (Å²) in [6, 6.07) is 24.0. The molecule has 1 fully saturated rings. The van der Waals surface area contributed by atoms with E-state index in [0.29, 0.717) is 5.56 Å². The summed E-state index contributed by atoms with van der Waals surface area (Å²) >= 11 is 1.62. The van der Waals surface area contributed by atoms with Crippen LogP contribution in [-0.2, 0) is 14.6 Å². The molecule has 1 aliphatic heterocycles. The number of hydrogen-bond donors (Lipinski definition) is 0. The summed E-state index contributed by atoms with van der Waals surface area (Å²) < 4.78 is 34.2. The van der Waals surface area contributed by atoms with Gasteiger partial charge in [0.2, 0.25) is 9.84 Å². The van der Waals surface area contributed by atoms with Crippen molar-refractivity contribution in [3.05, 3.63) is 102 Å². The van der Waals surface area contributed by atoms with Crippen LogP contribution in [0.25, 0.3) is 15.1 Å². The molecule has 3 aromatic carbocycles. The maximum atomic E-state index is 13.2. The second-order valence-electron chi connectivity index (χ2n) is 8.90. The molecule has 0 bridgehead atoms. The fourth-order valence-electron chi connectivity index (χ4n) is 4.37. The highest BCUT2D eigenvalue weighted by Crippen LogP contribution is 2.36. The predicted molar refractivity (Wildman–Crippen MR) is 142 cm³/mol. The van der Waals surface area contributed by atoms with Gasteiger partial charge in [-0.05, 0) is 61.3 Å². The number of sulfone groups is 1. The Balaban J connectivity index is 1.51. The number of hydrogen-bond acceptors (Lipinski definition) is 6. The minimum absolute atomic E-state index is 0.0768. The maximum Gasteiger partial charge on any atom is 0.206 e. The molecular formula is C28H28N2O3S2. The third-order valence-corrected chi connectivity index (χ3v) is 9.27. The number of benzene rings is 3. The van der Waals surface area contributed by atoms with Crippen LogP contribution in [0, 0.1) is 0 Å².